The lowest BCUT2D eigenvalue weighted by Crippen LogP contribution is -2.35. The van der Waals surface area contributed by atoms with Gasteiger partial charge in [-0.25, -0.2) is 0 Å². The average Bonchev–Trinajstić information content (AvgIpc) is 2.57. The lowest BCUT2D eigenvalue weighted by atomic mass is 9.92. The van der Waals surface area contributed by atoms with Gasteiger partial charge in [-0.15, -0.1) is 0 Å². The standard InChI is InChI=1S/C13H23NO/c1-12(2)6-5-9(7-12)14-11(15)10-8-13(10,3)4/h9-10H,5-8H2,1-4H3,(H,14,15). The topological polar surface area (TPSA) is 29.1 Å². The highest BCUT2D eigenvalue weighted by Crippen LogP contribution is 2.51. The fourth-order valence-electron chi connectivity index (χ4n) is 2.78. The molecule has 2 nitrogen and oxygen atoms in total. The van der Waals surface area contributed by atoms with Crippen LogP contribution in [0.3, 0.4) is 0 Å². The monoisotopic (exact) mass is 209 g/mol. The second-order valence-corrected chi connectivity index (χ2v) is 6.86. The molecule has 2 unspecified atom stereocenters. The first-order valence-electron chi connectivity index (χ1n) is 6.11. The van der Waals surface area contributed by atoms with Gasteiger partial charge in [-0.2, -0.15) is 0 Å². The molecule has 0 aromatic carbocycles. The summed E-state index contributed by atoms with van der Waals surface area (Å²) < 4.78 is 0. The maximum atomic E-state index is 11.9. The summed E-state index contributed by atoms with van der Waals surface area (Å²) in [5.74, 6) is 0.573. The van der Waals surface area contributed by atoms with E-state index >= 15 is 0 Å². The zero-order chi connectivity index (χ0) is 11.3. The molecule has 1 N–H and O–H groups in total. The minimum absolute atomic E-state index is 0.262. The minimum atomic E-state index is 0.262. The number of carbonyl (C=O) groups excluding carboxylic acids is 1. The molecule has 0 saturated heterocycles. The Morgan fingerprint density at radius 1 is 1.20 bits per heavy atom. The second kappa shape index (κ2) is 3.23. The maximum absolute atomic E-state index is 11.9. The normalized spacial score (nSPS) is 36.3. The van der Waals surface area contributed by atoms with Gasteiger partial charge >= 0.3 is 0 Å². The third-order valence-corrected chi connectivity index (χ3v) is 4.14. The maximum Gasteiger partial charge on any atom is 0.223 e. The first-order chi connectivity index (χ1) is 6.80. The van der Waals surface area contributed by atoms with Crippen molar-refractivity contribution in [3.8, 4) is 0 Å². The van der Waals surface area contributed by atoms with Crippen LogP contribution in [-0.4, -0.2) is 11.9 Å². The highest BCUT2D eigenvalue weighted by atomic mass is 16.2. The van der Waals surface area contributed by atoms with Crippen molar-refractivity contribution in [2.75, 3.05) is 0 Å². The van der Waals surface area contributed by atoms with Crippen LogP contribution in [0.25, 0.3) is 0 Å². The molecule has 0 radical (unpaired) electrons. The number of nitrogens with one attached hydrogen (secondary N) is 1. The minimum Gasteiger partial charge on any atom is -0.353 e. The summed E-state index contributed by atoms with van der Waals surface area (Å²) in [7, 11) is 0. The molecule has 2 aliphatic carbocycles. The summed E-state index contributed by atoms with van der Waals surface area (Å²) in [4.78, 5) is 11.9. The van der Waals surface area contributed by atoms with Gasteiger partial charge in [0, 0.05) is 12.0 Å². The lowest BCUT2D eigenvalue weighted by molar-refractivity contribution is -0.123. The van der Waals surface area contributed by atoms with Crippen molar-refractivity contribution in [1.82, 2.24) is 5.32 Å². The number of hydrogen-bond acceptors (Lipinski definition) is 1. The summed E-state index contributed by atoms with van der Waals surface area (Å²) >= 11 is 0. The molecule has 2 heteroatoms. The van der Waals surface area contributed by atoms with Gasteiger partial charge in [0.25, 0.3) is 0 Å². The molecule has 0 aromatic heterocycles. The van der Waals surface area contributed by atoms with Crippen molar-refractivity contribution in [2.24, 2.45) is 16.7 Å². The molecule has 2 rings (SSSR count). The van der Waals surface area contributed by atoms with Crippen LogP contribution in [0.1, 0.15) is 53.4 Å². The summed E-state index contributed by atoms with van der Waals surface area (Å²) in [5, 5.41) is 3.21. The fourth-order valence-corrected chi connectivity index (χ4v) is 2.78. The van der Waals surface area contributed by atoms with Crippen LogP contribution in [0.4, 0.5) is 0 Å². The van der Waals surface area contributed by atoms with E-state index in [1.807, 2.05) is 0 Å². The van der Waals surface area contributed by atoms with Gasteiger partial charge in [0.2, 0.25) is 5.91 Å². The van der Waals surface area contributed by atoms with E-state index in [9.17, 15) is 4.79 Å². The van der Waals surface area contributed by atoms with Crippen molar-refractivity contribution < 1.29 is 4.79 Å². The van der Waals surface area contributed by atoms with E-state index in [-0.39, 0.29) is 11.3 Å². The van der Waals surface area contributed by atoms with Crippen molar-refractivity contribution in [2.45, 2.75) is 59.4 Å². The van der Waals surface area contributed by atoms with Gasteiger partial charge < -0.3 is 5.32 Å². The van der Waals surface area contributed by atoms with Crippen LogP contribution in [-0.2, 0) is 4.79 Å². The molecule has 0 bridgehead atoms. The Morgan fingerprint density at radius 3 is 2.20 bits per heavy atom. The fraction of sp³-hybridized carbons (Fsp3) is 0.923. The molecule has 1 amide bonds. The molecule has 0 heterocycles. The Bertz CT molecular complexity index is 280. The predicted octanol–water partition coefficient (Wildman–Crippen LogP) is 2.73. The van der Waals surface area contributed by atoms with E-state index in [0.29, 0.717) is 17.4 Å². The average molecular weight is 209 g/mol. The van der Waals surface area contributed by atoms with E-state index in [2.05, 4.69) is 33.0 Å². The second-order valence-electron chi connectivity index (χ2n) is 6.86. The van der Waals surface area contributed by atoms with Crippen LogP contribution in [0, 0.1) is 16.7 Å². The third-order valence-electron chi connectivity index (χ3n) is 4.14. The quantitative estimate of drug-likeness (QED) is 0.744. The third kappa shape index (κ3) is 2.35. The number of amides is 1. The summed E-state index contributed by atoms with van der Waals surface area (Å²) in [6.45, 7) is 8.94. The molecule has 0 aliphatic heterocycles. The summed E-state index contributed by atoms with van der Waals surface area (Å²) in [5.41, 5.74) is 0.690. The zero-order valence-corrected chi connectivity index (χ0v) is 10.4. The predicted molar refractivity (Wildman–Crippen MR) is 61.5 cm³/mol. The first kappa shape index (κ1) is 11.0. The van der Waals surface area contributed by atoms with Crippen LogP contribution < -0.4 is 5.32 Å². The van der Waals surface area contributed by atoms with E-state index in [4.69, 9.17) is 0 Å². The van der Waals surface area contributed by atoms with Crippen molar-refractivity contribution in [3.05, 3.63) is 0 Å². The number of hydrogen-bond donors (Lipinski definition) is 1. The lowest BCUT2D eigenvalue weighted by Gasteiger charge is -2.18. The van der Waals surface area contributed by atoms with Crippen LogP contribution >= 0.6 is 0 Å². The summed E-state index contributed by atoms with van der Waals surface area (Å²) in [6, 6.07) is 0.434. The van der Waals surface area contributed by atoms with Crippen molar-refractivity contribution >= 4 is 5.91 Å². The van der Waals surface area contributed by atoms with Crippen LogP contribution in [0.2, 0.25) is 0 Å². The van der Waals surface area contributed by atoms with Crippen molar-refractivity contribution in [3.63, 3.8) is 0 Å². The smallest absolute Gasteiger partial charge is 0.223 e. The molecule has 0 spiro atoms. The molecule has 2 aliphatic rings. The highest BCUT2D eigenvalue weighted by molar-refractivity contribution is 5.82. The Balaban J connectivity index is 1.82. The molecule has 86 valence electrons. The van der Waals surface area contributed by atoms with Crippen LogP contribution in [0.15, 0.2) is 0 Å². The Kier molecular flexibility index (Phi) is 2.36. The summed E-state index contributed by atoms with van der Waals surface area (Å²) in [6.07, 6.45) is 4.61. The molecular formula is C13H23NO. The van der Waals surface area contributed by atoms with Crippen LogP contribution in [0.5, 0.6) is 0 Å². The van der Waals surface area contributed by atoms with E-state index < -0.39 is 0 Å². The van der Waals surface area contributed by atoms with Crippen molar-refractivity contribution in [1.29, 1.82) is 0 Å². The number of rotatable bonds is 2. The van der Waals surface area contributed by atoms with E-state index in [1.165, 1.54) is 6.42 Å². The van der Waals surface area contributed by atoms with E-state index in [1.54, 1.807) is 0 Å². The van der Waals surface area contributed by atoms with Gasteiger partial charge in [-0.05, 0) is 36.5 Å². The molecule has 2 atom stereocenters. The SMILES string of the molecule is CC1(C)CCC(NC(=O)C2CC2(C)C)C1. The van der Waals surface area contributed by atoms with Gasteiger partial charge in [0.05, 0.1) is 0 Å². The molecular weight excluding hydrogens is 186 g/mol. The Morgan fingerprint density at radius 2 is 1.80 bits per heavy atom. The zero-order valence-electron chi connectivity index (χ0n) is 10.4. The first-order valence-corrected chi connectivity index (χ1v) is 6.11. The Labute approximate surface area is 92.8 Å². The molecule has 2 saturated carbocycles. The van der Waals surface area contributed by atoms with Gasteiger partial charge in [0.1, 0.15) is 0 Å². The Hall–Kier alpha value is -0.530. The van der Waals surface area contributed by atoms with Gasteiger partial charge in [-0.3, -0.25) is 4.79 Å². The molecule has 15 heavy (non-hydrogen) atoms. The highest BCUT2D eigenvalue weighted by Gasteiger charge is 2.51. The largest absolute Gasteiger partial charge is 0.353 e. The molecule has 0 aromatic rings. The van der Waals surface area contributed by atoms with Gasteiger partial charge in [-0.1, -0.05) is 27.7 Å². The molecule has 2 fully saturated rings. The van der Waals surface area contributed by atoms with E-state index in [0.717, 1.165) is 19.3 Å². The van der Waals surface area contributed by atoms with Gasteiger partial charge in [0.15, 0.2) is 0 Å². The number of carbonyl (C=O) groups is 1.